The molecule has 0 fully saturated rings. The maximum atomic E-state index is 5.01. The lowest BCUT2D eigenvalue weighted by Gasteiger charge is -2.09. The van der Waals surface area contributed by atoms with E-state index in [1.165, 1.54) is 12.7 Å². The summed E-state index contributed by atoms with van der Waals surface area (Å²) >= 11 is 0. The number of benzene rings is 1. The maximum Gasteiger partial charge on any atom is 0.111 e. The van der Waals surface area contributed by atoms with Crippen LogP contribution in [0, 0.1) is 6.92 Å². The summed E-state index contributed by atoms with van der Waals surface area (Å²) in [6, 6.07) is 8.06. The fraction of sp³-hybridized carbons (Fsp3) is 0.333. The van der Waals surface area contributed by atoms with E-state index < -0.39 is 0 Å². The first kappa shape index (κ1) is 11.8. The molecule has 0 aliphatic rings. The van der Waals surface area contributed by atoms with Gasteiger partial charge in [-0.1, -0.05) is 24.3 Å². The van der Waals surface area contributed by atoms with Crippen LogP contribution in [0.3, 0.4) is 0 Å². The van der Waals surface area contributed by atoms with Gasteiger partial charge in [0.05, 0.1) is 20.5 Å². The third-order valence-corrected chi connectivity index (χ3v) is 2.08. The highest BCUT2D eigenvalue weighted by Crippen LogP contribution is 2.18. The van der Waals surface area contributed by atoms with Gasteiger partial charge in [-0.15, -0.1) is 0 Å². The second-order valence-corrected chi connectivity index (χ2v) is 3.12. The molecular weight excluding hydrogens is 192 g/mol. The Balaban J connectivity index is 2.89. The summed E-state index contributed by atoms with van der Waals surface area (Å²) in [6.45, 7) is 2.42. The first-order valence-electron chi connectivity index (χ1n) is 4.73. The SMILES string of the molecule is CO/C=C(/COOC)c1ccccc1C. The van der Waals surface area contributed by atoms with Gasteiger partial charge in [0.25, 0.3) is 0 Å². The highest BCUT2D eigenvalue weighted by molar-refractivity contribution is 5.67. The maximum absolute atomic E-state index is 5.01. The van der Waals surface area contributed by atoms with Gasteiger partial charge in [-0.2, -0.15) is 0 Å². The van der Waals surface area contributed by atoms with Gasteiger partial charge in [0, 0.05) is 5.57 Å². The number of hydrogen-bond acceptors (Lipinski definition) is 3. The molecule has 3 heteroatoms. The molecule has 0 spiro atoms. The number of methoxy groups -OCH3 is 1. The Hall–Kier alpha value is -1.32. The highest BCUT2D eigenvalue weighted by atomic mass is 17.2. The molecule has 0 atom stereocenters. The van der Waals surface area contributed by atoms with Gasteiger partial charge in [0.15, 0.2) is 0 Å². The quantitative estimate of drug-likeness (QED) is 0.423. The van der Waals surface area contributed by atoms with E-state index in [9.17, 15) is 0 Å². The van der Waals surface area contributed by atoms with Gasteiger partial charge >= 0.3 is 0 Å². The van der Waals surface area contributed by atoms with Crippen molar-refractivity contribution in [1.82, 2.24) is 0 Å². The predicted octanol–water partition coefficient (Wildman–Crippen LogP) is 2.56. The third kappa shape index (κ3) is 3.38. The minimum atomic E-state index is 0.370. The third-order valence-electron chi connectivity index (χ3n) is 2.08. The van der Waals surface area contributed by atoms with Gasteiger partial charge in [-0.25, -0.2) is 9.78 Å². The smallest absolute Gasteiger partial charge is 0.111 e. The molecule has 1 aromatic rings. The summed E-state index contributed by atoms with van der Waals surface area (Å²) in [4.78, 5) is 9.49. The Kier molecular flexibility index (Phi) is 4.87. The minimum Gasteiger partial charge on any atom is -0.504 e. The second kappa shape index (κ2) is 6.22. The molecule has 0 N–H and O–H groups in total. The van der Waals surface area contributed by atoms with Crippen molar-refractivity contribution in [3.05, 3.63) is 41.7 Å². The number of rotatable bonds is 5. The van der Waals surface area contributed by atoms with Crippen LogP contribution >= 0.6 is 0 Å². The standard InChI is InChI=1S/C12H16O3/c1-10-6-4-5-7-12(10)11(8-13-2)9-15-14-3/h4-8H,9H2,1-3H3/b11-8-. The summed E-state index contributed by atoms with van der Waals surface area (Å²) in [5.41, 5.74) is 3.24. The van der Waals surface area contributed by atoms with Crippen LogP contribution in [0.4, 0.5) is 0 Å². The average molecular weight is 208 g/mol. The van der Waals surface area contributed by atoms with E-state index >= 15 is 0 Å². The van der Waals surface area contributed by atoms with Crippen LogP contribution in [0.25, 0.3) is 5.57 Å². The van der Waals surface area contributed by atoms with Crippen LogP contribution in [-0.4, -0.2) is 20.8 Å². The van der Waals surface area contributed by atoms with Crippen molar-refractivity contribution in [2.75, 3.05) is 20.8 Å². The van der Waals surface area contributed by atoms with E-state index in [1.54, 1.807) is 13.4 Å². The Morgan fingerprint density at radius 2 is 2.00 bits per heavy atom. The minimum absolute atomic E-state index is 0.370. The van der Waals surface area contributed by atoms with E-state index in [4.69, 9.17) is 9.62 Å². The molecule has 0 saturated heterocycles. The number of aryl methyl sites for hydroxylation is 1. The van der Waals surface area contributed by atoms with Crippen LogP contribution in [0.1, 0.15) is 11.1 Å². The molecule has 0 aliphatic carbocycles. The molecule has 0 aromatic heterocycles. The van der Waals surface area contributed by atoms with Crippen molar-refractivity contribution in [2.24, 2.45) is 0 Å². The Morgan fingerprint density at radius 3 is 2.60 bits per heavy atom. The molecule has 0 bridgehead atoms. The fourth-order valence-corrected chi connectivity index (χ4v) is 1.37. The Morgan fingerprint density at radius 1 is 1.27 bits per heavy atom. The van der Waals surface area contributed by atoms with E-state index in [0.29, 0.717) is 6.61 Å². The molecule has 0 heterocycles. The average Bonchev–Trinajstić information content (AvgIpc) is 2.25. The molecule has 3 nitrogen and oxygen atoms in total. The lowest BCUT2D eigenvalue weighted by molar-refractivity contribution is -0.261. The molecule has 0 saturated carbocycles. The molecule has 0 unspecified atom stereocenters. The summed E-state index contributed by atoms with van der Waals surface area (Å²) in [6.07, 6.45) is 1.67. The largest absolute Gasteiger partial charge is 0.504 e. The molecule has 15 heavy (non-hydrogen) atoms. The summed E-state index contributed by atoms with van der Waals surface area (Å²) < 4.78 is 5.01. The van der Waals surface area contributed by atoms with Crippen molar-refractivity contribution in [1.29, 1.82) is 0 Å². The van der Waals surface area contributed by atoms with Gasteiger partial charge in [-0.3, -0.25) is 0 Å². The molecule has 1 aromatic carbocycles. The van der Waals surface area contributed by atoms with Crippen LogP contribution in [0.2, 0.25) is 0 Å². The van der Waals surface area contributed by atoms with Crippen LogP contribution in [0.5, 0.6) is 0 Å². The van der Waals surface area contributed by atoms with E-state index in [-0.39, 0.29) is 0 Å². The molecule has 82 valence electrons. The molecule has 1 rings (SSSR count). The summed E-state index contributed by atoms with van der Waals surface area (Å²) in [5, 5.41) is 0. The van der Waals surface area contributed by atoms with Crippen molar-refractivity contribution >= 4 is 5.57 Å². The van der Waals surface area contributed by atoms with E-state index in [2.05, 4.69) is 4.89 Å². The lowest BCUT2D eigenvalue weighted by atomic mass is 10.0. The topological polar surface area (TPSA) is 27.7 Å². The number of ether oxygens (including phenoxy) is 1. The fourth-order valence-electron chi connectivity index (χ4n) is 1.37. The normalized spacial score (nSPS) is 11.5. The molecule has 0 radical (unpaired) electrons. The van der Waals surface area contributed by atoms with Crippen molar-refractivity contribution in [2.45, 2.75) is 6.92 Å². The molecule has 0 amide bonds. The van der Waals surface area contributed by atoms with Crippen molar-refractivity contribution in [3.63, 3.8) is 0 Å². The summed E-state index contributed by atoms with van der Waals surface area (Å²) in [5.74, 6) is 0. The first-order valence-corrected chi connectivity index (χ1v) is 4.73. The highest BCUT2D eigenvalue weighted by Gasteiger charge is 2.05. The molecule has 0 aliphatic heterocycles. The zero-order valence-corrected chi connectivity index (χ0v) is 9.32. The van der Waals surface area contributed by atoms with Gasteiger partial charge in [-0.05, 0) is 18.1 Å². The van der Waals surface area contributed by atoms with Crippen LogP contribution in [-0.2, 0) is 14.5 Å². The van der Waals surface area contributed by atoms with Gasteiger partial charge in [0.2, 0.25) is 0 Å². The van der Waals surface area contributed by atoms with Crippen molar-refractivity contribution in [3.8, 4) is 0 Å². The lowest BCUT2D eigenvalue weighted by Crippen LogP contribution is -1.99. The Labute approximate surface area is 90.2 Å². The van der Waals surface area contributed by atoms with Gasteiger partial charge in [0.1, 0.15) is 6.61 Å². The zero-order valence-electron chi connectivity index (χ0n) is 9.32. The second-order valence-electron chi connectivity index (χ2n) is 3.12. The zero-order chi connectivity index (χ0) is 11.1. The monoisotopic (exact) mass is 208 g/mol. The molecular formula is C12H16O3. The van der Waals surface area contributed by atoms with E-state index in [0.717, 1.165) is 11.1 Å². The van der Waals surface area contributed by atoms with Crippen LogP contribution in [0.15, 0.2) is 30.5 Å². The first-order chi connectivity index (χ1) is 7.29. The summed E-state index contributed by atoms with van der Waals surface area (Å²) in [7, 11) is 3.10. The van der Waals surface area contributed by atoms with Crippen molar-refractivity contribution < 1.29 is 14.5 Å². The van der Waals surface area contributed by atoms with Gasteiger partial charge < -0.3 is 4.74 Å². The number of hydrogen-bond donors (Lipinski definition) is 0. The Bertz CT molecular complexity index is 331. The van der Waals surface area contributed by atoms with Crippen LogP contribution < -0.4 is 0 Å². The van der Waals surface area contributed by atoms with E-state index in [1.807, 2.05) is 31.2 Å². The predicted molar refractivity (Wildman–Crippen MR) is 59.1 cm³/mol.